The number of benzene rings is 1. The van der Waals surface area contributed by atoms with Gasteiger partial charge in [-0.05, 0) is 30.8 Å². The van der Waals surface area contributed by atoms with Gasteiger partial charge in [-0.25, -0.2) is 0 Å². The van der Waals surface area contributed by atoms with Crippen molar-refractivity contribution in [3.8, 4) is 0 Å². The molecule has 0 radical (unpaired) electrons. The van der Waals surface area contributed by atoms with Gasteiger partial charge in [-0.3, -0.25) is 10.1 Å². The van der Waals surface area contributed by atoms with Gasteiger partial charge in [0.15, 0.2) is 5.17 Å². The number of halogens is 1. The minimum absolute atomic E-state index is 0.0259. The van der Waals surface area contributed by atoms with Crippen LogP contribution in [0.2, 0.25) is 5.02 Å². The molecule has 19 heavy (non-hydrogen) atoms. The van der Waals surface area contributed by atoms with E-state index in [0.29, 0.717) is 4.91 Å². The van der Waals surface area contributed by atoms with Gasteiger partial charge in [0, 0.05) is 0 Å². The van der Waals surface area contributed by atoms with Gasteiger partial charge in [0.1, 0.15) is 4.90 Å². The molecule has 0 saturated carbocycles. The Hall–Kier alpha value is -1.31. The van der Waals surface area contributed by atoms with Crippen LogP contribution in [0.5, 0.6) is 0 Å². The summed E-state index contributed by atoms with van der Waals surface area (Å²) < 4.78 is 27.7. The first-order valence-corrected chi connectivity index (χ1v) is 7.82. The molecule has 8 heteroatoms. The second kappa shape index (κ2) is 5.36. The molecule has 0 aliphatic carbocycles. The van der Waals surface area contributed by atoms with Crippen molar-refractivity contribution in [1.29, 1.82) is 0 Å². The van der Waals surface area contributed by atoms with Crippen molar-refractivity contribution < 1.29 is 13.2 Å². The maximum absolute atomic E-state index is 12.1. The van der Waals surface area contributed by atoms with Crippen LogP contribution in [-0.4, -0.2) is 19.5 Å². The standard InChI is InChI=1S/C11H9ClN2O3S2/c1-2-8-10(15)13-11(18-8)14-19(16,17)9-6-4-3-5-7(9)12/h2-6H,1H3,(H,13,14,15)/b8-2-. The normalized spacial score (nSPS) is 20.0. The Morgan fingerprint density at radius 2 is 2.05 bits per heavy atom. The molecular formula is C11H9ClN2O3S2. The molecule has 0 aromatic heterocycles. The molecular weight excluding hydrogens is 308 g/mol. The van der Waals surface area contributed by atoms with Crippen molar-refractivity contribution in [3.63, 3.8) is 0 Å². The SMILES string of the molecule is C/C=C1\SC(=NS(=O)(=O)c2ccccc2Cl)NC1=O. The third-order valence-electron chi connectivity index (χ3n) is 2.23. The molecule has 0 bridgehead atoms. The zero-order valence-corrected chi connectivity index (χ0v) is 12.1. The Morgan fingerprint density at radius 3 is 2.63 bits per heavy atom. The van der Waals surface area contributed by atoms with Crippen LogP contribution in [0.3, 0.4) is 0 Å². The predicted octanol–water partition coefficient (Wildman–Crippen LogP) is 2.15. The number of sulfonamides is 1. The van der Waals surface area contributed by atoms with Crippen LogP contribution in [0.25, 0.3) is 0 Å². The van der Waals surface area contributed by atoms with Crippen LogP contribution in [0.4, 0.5) is 0 Å². The Kier molecular flexibility index (Phi) is 3.98. The number of thioether (sulfide) groups is 1. The quantitative estimate of drug-likeness (QED) is 0.848. The van der Waals surface area contributed by atoms with Crippen molar-refractivity contribution in [2.75, 3.05) is 0 Å². The lowest BCUT2D eigenvalue weighted by atomic mass is 10.4. The first-order valence-electron chi connectivity index (χ1n) is 5.19. The fraction of sp³-hybridized carbons (Fsp3) is 0.0909. The van der Waals surface area contributed by atoms with Gasteiger partial charge in [-0.1, -0.05) is 29.8 Å². The largest absolute Gasteiger partial charge is 0.300 e. The summed E-state index contributed by atoms with van der Waals surface area (Å²) in [6, 6.07) is 6.00. The van der Waals surface area contributed by atoms with Crippen LogP contribution in [0.1, 0.15) is 6.92 Å². The van der Waals surface area contributed by atoms with Crippen LogP contribution in [-0.2, 0) is 14.8 Å². The first kappa shape index (κ1) is 14.1. The fourth-order valence-corrected chi connectivity index (χ4v) is 3.79. The molecule has 1 N–H and O–H groups in total. The van der Waals surface area contributed by atoms with E-state index in [9.17, 15) is 13.2 Å². The van der Waals surface area contributed by atoms with Crippen LogP contribution >= 0.6 is 23.4 Å². The Bertz CT molecular complexity index is 696. The summed E-state index contributed by atoms with van der Waals surface area (Å²) in [5.41, 5.74) is 0. The van der Waals surface area contributed by atoms with Crippen molar-refractivity contribution in [2.24, 2.45) is 4.40 Å². The van der Waals surface area contributed by atoms with E-state index in [-0.39, 0.29) is 21.0 Å². The highest BCUT2D eigenvalue weighted by Crippen LogP contribution is 2.27. The summed E-state index contributed by atoms with van der Waals surface area (Å²) >= 11 is 6.80. The lowest BCUT2D eigenvalue weighted by Gasteiger charge is -2.01. The second-order valence-corrected chi connectivity index (χ2v) is 6.52. The summed E-state index contributed by atoms with van der Waals surface area (Å²) in [5.74, 6) is -0.361. The first-order chi connectivity index (χ1) is 8.94. The summed E-state index contributed by atoms with van der Waals surface area (Å²) in [7, 11) is -3.94. The maximum Gasteiger partial charge on any atom is 0.286 e. The van der Waals surface area contributed by atoms with E-state index in [1.165, 1.54) is 12.1 Å². The van der Waals surface area contributed by atoms with Gasteiger partial charge < -0.3 is 0 Å². The number of hydrogen-bond acceptors (Lipinski definition) is 4. The van der Waals surface area contributed by atoms with Gasteiger partial charge in [0.2, 0.25) is 0 Å². The number of hydrogen-bond donors (Lipinski definition) is 1. The molecule has 1 aliphatic heterocycles. The molecule has 1 aliphatic rings. The monoisotopic (exact) mass is 316 g/mol. The number of rotatable bonds is 2. The number of nitrogens with one attached hydrogen (secondary N) is 1. The number of carbonyl (C=O) groups is 1. The topological polar surface area (TPSA) is 75.6 Å². The second-order valence-electron chi connectivity index (χ2n) is 3.51. The van der Waals surface area contributed by atoms with Gasteiger partial charge in [-0.15, -0.1) is 4.40 Å². The number of amidine groups is 1. The number of amides is 1. The summed E-state index contributed by atoms with van der Waals surface area (Å²) in [6.07, 6.45) is 1.59. The minimum atomic E-state index is -3.94. The van der Waals surface area contributed by atoms with E-state index >= 15 is 0 Å². The molecule has 1 aromatic carbocycles. The Labute approximate surface area is 119 Å². The molecule has 1 heterocycles. The molecule has 100 valence electrons. The fourth-order valence-electron chi connectivity index (χ4n) is 1.38. The average Bonchev–Trinajstić information content (AvgIpc) is 2.68. The van der Waals surface area contributed by atoms with Crippen LogP contribution in [0, 0.1) is 0 Å². The van der Waals surface area contributed by atoms with E-state index in [1.54, 1.807) is 25.1 Å². The van der Waals surface area contributed by atoms with Crippen molar-refractivity contribution in [2.45, 2.75) is 11.8 Å². The van der Waals surface area contributed by atoms with E-state index < -0.39 is 10.0 Å². The molecule has 0 spiro atoms. The number of nitrogens with zero attached hydrogens (tertiary/aromatic N) is 1. The lowest BCUT2D eigenvalue weighted by Crippen LogP contribution is -2.20. The molecule has 2 rings (SSSR count). The average molecular weight is 317 g/mol. The number of carbonyl (C=O) groups excluding carboxylic acids is 1. The lowest BCUT2D eigenvalue weighted by molar-refractivity contribution is -0.115. The summed E-state index contributed by atoms with van der Waals surface area (Å²) in [4.78, 5) is 11.7. The highest BCUT2D eigenvalue weighted by molar-refractivity contribution is 8.19. The van der Waals surface area contributed by atoms with Gasteiger partial charge in [0.05, 0.1) is 9.93 Å². The van der Waals surface area contributed by atoms with Crippen LogP contribution in [0.15, 0.2) is 44.5 Å². The maximum atomic E-state index is 12.1. The van der Waals surface area contributed by atoms with Crippen LogP contribution < -0.4 is 5.32 Å². The van der Waals surface area contributed by atoms with Crippen molar-refractivity contribution >= 4 is 44.5 Å². The zero-order valence-electron chi connectivity index (χ0n) is 9.75. The molecule has 1 fully saturated rings. The van der Waals surface area contributed by atoms with Gasteiger partial charge in [-0.2, -0.15) is 8.42 Å². The number of allylic oxidation sites excluding steroid dienone is 1. The van der Waals surface area contributed by atoms with Crippen molar-refractivity contribution in [1.82, 2.24) is 5.32 Å². The highest BCUT2D eigenvalue weighted by Gasteiger charge is 2.26. The van der Waals surface area contributed by atoms with E-state index in [0.717, 1.165) is 11.8 Å². The minimum Gasteiger partial charge on any atom is -0.300 e. The van der Waals surface area contributed by atoms with E-state index in [2.05, 4.69) is 9.71 Å². The predicted molar refractivity (Wildman–Crippen MR) is 75.6 cm³/mol. The zero-order chi connectivity index (χ0) is 14.0. The molecule has 0 atom stereocenters. The Morgan fingerprint density at radius 1 is 1.37 bits per heavy atom. The van der Waals surface area contributed by atoms with Gasteiger partial charge >= 0.3 is 0 Å². The molecule has 0 unspecified atom stereocenters. The molecule has 1 amide bonds. The highest BCUT2D eigenvalue weighted by atomic mass is 35.5. The summed E-state index contributed by atoms with van der Waals surface area (Å²) in [6.45, 7) is 1.69. The Balaban J connectivity index is 2.39. The van der Waals surface area contributed by atoms with E-state index in [1.807, 2.05) is 0 Å². The molecule has 1 aromatic rings. The molecule has 1 saturated heterocycles. The smallest absolute Gasteiger partial charge is 0.286 e. The van der Waals surface area contributed by atoms with Gasteiger partial charge in [0.25, 0.3) is 15.9 Å². The molecule has 5 nitrogen and oxygen atoms in total. The van der Waals surface area contributed by atoms with E-state index in [4.69, 9.17) is 11.6 Å². The summed E-state index contributed by atoms with van der Waals surface area (Å²) in [5, 5.41) is 2.50. The third kappa shape index (κ3) is 2.99. The van der Waals surface area contributed by atoms with Crippen molar-refractivity contribution in [3.05, 3.63) is 40.3 Å². The third-order valence-corrected chi connectivity index (χ3v) is 5.15.